The molecule has 1 atom stereocenters. The molecule has 0 fully saturated rings. The van der Waals surface area contributed by atoms with E-state index in [2.05, 4.69) is 5.32 Å². The molecule has 0 saturated carbocycles. The van der Waals surface area contributed by atoms with Crippen LogP contribution >= 0.6 is 12.4 Å². The summed E-state index contributed by atoms with van der Waals surface area (Å²) in [6.07, 6.45) is 0. The highest BCUT2D eigenvalue weighted by Gasteiger charge is 2.12. The summed E-state index contributed by atoms with van der Waals surface area (Å²) in [5.41, 5.74) is 7.51. The number of halogens is 1. The molecular weight excluding hydrogens is 312 g/mol. The van der Waals surface area contributed by atoms with E-state index < -0.39 is 0 Å². The molecule has 0 aliphatic carbocycles. The summed E-state index contributed by atoms with van der Waals surface area (Å²) in [6, 6.07) is 15.5. The molecule has 1 unspecified atom stereocenters. The van der Waals surface area contributed by atoms with E-state index >= 15 is 0 Å². The number of hydrogen-bond donors (Lipinski definition) is 2. The maximum absolute atomic E-state index is 11.8. The van der Waals surface area contributed by atoms with Gasteiger partial charge in [-0.25, -0.2) is 0 Å². The van der Waals surface area contributed by atoms with Gasteiger partial charge in [-0.1, -0.05) is 43.3 Å². The molecule has 2 aromatic rings. The fourth-order valence-electron chi connectivity index (χ4n) is 2.00. The summed E-state index contributed by atoms with van der Waals surface area (Å²) in [6.45, 7) is 4.58. The molecular formula is C18H23ClN2O2. The number of para-hydroxylation sites is 2. The molecule has 0 bridgehead atoms. The van der Waals surface area contributed by atoms with E-state index in [0.29, 0.717) is 13.1 Å². The number of carbonyl (C=O) groups excluding carboxylic acids is 1. The van der Waals surface area contributed by atoms with E-state index in [9.17, 15) is 4.79 Å². The minimum Gasteiger partial charge on any atom is -0.457 e. The number of hydrogen-bond acceptors (Lipinski definition) is 3. The van der Waals surface area contributed by atoms with E-state index in [4.69, 9.17) is 10.5 Å². The van der Waals surface area contributed by atoms with Gasteiger partial charge in [0.05, 0.1) is 0 Å². The van der Waals surface area contributed by atoms with Crippen molar-refractivity contribution in [3.63, 3.8) is 0 Å². The first-order chi connectivity index (χ1) is 10.6. The Hall–Kier alpha value is -2.04. The van der Waals surface area contributed by atoms with Crippen LogP contribution in [0.3, 0.4) is 0 Å². The monoisotopic (exact) mass is 334 g/mol. The Labute approximate surface area is 143 Å². The molecule has 0 aliphatic rings. The van der Waals surface area contributed by atoms with Crippen LogP contribution in [0.2, 0.25) is 0 Å². The van der Waals surface area contributed by atoms with Crippen LogP contribution in [0, 0.1) is 12.8 Å². The van der Waals surface area contributed by atoms with Gasteiger partial charge in [0.1, 0.15) is 11.5 Å². The second kappa shape index (κ2) is 9.18. The molecule has 0 heterocycles. The Morgan fingerprint density at radius 2 is 1.74 bits per heavy atom. The highest BCUT2D eigenvalue weighted by Crippen LogP contribution is 2.27. The van der Waals surface area contributed by atoms with Gasteiger partial charge in [-0.2, -0.15) is 0 Å². The molecule has 4 nitrogen and oxygen atoms in total. The number of benzene rings is 2. The lowest BCUT2D eigenvalue weighted by Crippen LogP contribution is -2.32. The zero-order chi connectivity index (χ0) is 15.9. The maximum atomic E-state index is 11.8. The number of nitrogens with two attached hydrogens (primary N) is 1. The van der Waals surface area contributed by atoms with Crippen LogP contribution in [0.1, 0.15) is 18.1 Å². The summed E-state index contributed by atoms with van der Waals surface area (Å²) in [5.74, 6) is 1.33. The third-order valence-electron chi connectivity index (χ3n) is 3.54. The van der Waals surface area contributed by atoms with Crippen LogP contribution in [0.4, 0.5) is 0 Å². The number of ether oxygens (including phenoxy) is 1. The molecule has 0 saturated heterocycles. The molecule has 0 spiro atoms. The maximum Gasteiger partial charge on any atom is 0.224 e. The van der Waals surface area contributed by atoms with Crippen molar-refractivity contribution in [3.8, 4) is 11.5 Å². The summed E-state index contributed by atoms with van der Waals surface area (Å²) >= 11 is 0. The van der Waals surface area contributed by atoms with Gasteiger partial charge in [-0.05, 0) is 24.6 Å². The van der Waals surface area contributed by atoms with Crippen molar-refractivity contribution < 1.29 is 9.53 Å². The van der Waals surface area contributed by atoms with Crippen molar-refractivity contribution in [3.05, 3.63) is 59.7 Å². The normalized spacial score (nSPS) is 11.3. The Morgan fingerprint density at radius 1 is 1.13 bits per heavy atom. The van der Waals surface area contributed by atoms with Crippen molar-refractivity contribution in [2.24, 2.45) is 11.7 Å². The summed E-state index contributed by atoms with van der Waals surface area (Å²) in [7, 11) is 0. The second-order valence-corrected chi connectivity index (χ2v) is 5.33. The molecule has 1 amide bonds. The highest BCUT2D eigenvalue weighted by molar-refractivity contribution is 5.85. The standard InChI is InChI=1S/C18H22N2O2.ClH/c1-13-7-3-5-9-16(13)22-17-10-6-4-8-15(17)12-20-18(21)14(2)11-19;/h3-10,14H,11-12,19H2,1-2H3,(H,20,21);1H. The lowest BCUT2D eigenvalue weighted by Gasteiger charge is -2.14. The molecule has 0 aromatic heterocycles. The molecule has 124 valence electrons. The SMILES string of the molecule is Cc1ccccc1Oc1ccccc1CNC(=O)C(C)CN.Cl. The fourth-order valence-corrected chi connectivity index (χ4v) is 2.00. The van der Waals surface area contributed by atoms with Gasteiger partial charge in [0.15, 0.2) is 0 Å². The molecule has 0 aliphatic heterocycles. The van der Waals surface area contributed by atoms with Gasteiger partial charge in [-0.15, -0.1) is 12.4 Å². The van der Waals surface area contributed by atoms with E-state index in [0.717, 1.165) is 22.6 Å². The first-order valence-corrected chi connectivity index (χ1v) is 7.41. The number of carbonyl (C=O) groups is 1. The van der Waals surface area contributed by atoms with E-state index in [1.807, 2.05) is 62.4 Å². The first kappa shape index (κ1) is 19.0. The Balaban J connectivity index is 0.00000264. The van der Waals surface area contributed by atoms with Crippen molar-refractivity contribution in [2.45, 2.75) is 20.4 Å². The lowest BCUT2D eigenvalue weighted by atomic mass is 10.1. The lowest BCUT2D eigenvalue weighted by molar-refractivity contribution is -0.124. The summed E-state index contributed by atoms with van der Waals surface area (Å²) in [5, 5.41) is 2.89. The van der Waals surface area contributed by atoms with Gasteiger partial charge >= 0.3 is 0 Å². The second-order valence-electron chi connectivity index (χ2n) is 5.33. The average molecular weight is 335 g/mol. The number of amides is 1. The van der Waals surface area contributed by atoms with Crippen LogP contribution in [-0.2, 0) is 11.3 Å². The Morgan fingerprint density at radius 3 is 2.39 bits per heavy atom. The molecule has 2 aromatic carbocycles. The van der Waals surface area contributed by atoms with Crippen molar-refractivity contribution in [2.75, 3.05) is 6.54 Å². The minimum absolute atomic E-state index is 0. The zero-order valence-corrected chi connectivity index (χ0v) is 14.2. The number of nitrogens with one attached hydrogen (secondary N) is 1. The van der Waals surface area contributed by atoms with E-state index in [-0.39, 0.29) is 24.2 Å². The minimum atomic E-state index is -0.190. The van der Waals surface area contributed by atoms with Crippen LogP contribution in [-0.4, -0.2) is 12.5 Å². The van der Waals surface area contributed by atoms with Crippen LogP contribution in [0.25, 0.3) is 0 Å². The molecule has 2 rings (SSSR count). The van der Waals surface area contributed by atoms with Gasteiger partial charge in [0, 0.05) is 24.6 Å². The molecule has 23 heavy (non-hydrogen) atoms. The van der Waals surface area contributed by atoms with E-state index in [1.54, 1.807) is 0 Å². The largest absolute Gasteiger partial charge is 0.457 e. The Kier molecular flexibility index (Phi) is 7.59. The average Bonchev–Trinajstić information content (AvgIpc) is 2.55. The third-order valence-corrected chi connectivity index (χ3v) is 3.54. The van der Waals surface area contributed by atoms with Crippen LogP contribution in [0.5, 0.6) is 11.5 Å². The van der Waals surface area contributed by atoms with Crippen molar-refractivity contribution in [1.29, 1.82) is 0 Å². The van der Waals surface area contributed by atoms with Gasteiger partial charge < -0.3 is 15.8 Å². The van der Waals surface area contributed by atoms with Gasteiger partial charge in [-0.3, -0.25) is 4.79 Å². The van der Waals surface area contributed by atoms with Crippen LogP contribution < -0.4 is 15.8 Å². The highest BCUT2D eigenvalue weighted by atomic mass is 35.5. The number of rotatable bonds is 6. The zero-order valence-electron chi connectivity index (χ0n) is 13.4. The first-order valence-electron chi connectivity index (χ1n) is 7.41. The van der Waals surface area contributed by atoms with Crippen molar-refractivity contribution in [1.82, 2.24) is 5.32 Å². The predicted molar refractivity (Wildman–Crippen MR) is 95.0 cm³/mol. The topological polar surface area (TPSA) is 64.3 Å². The quantitative estimate of drug-likeness (QED) is 0.850. The molecule has 3 N–H and O–H groups in total. The summed E-state index contributed by atoms with van der Waals surface area (Å²) < 4.78 is 5.98. The summed E-state index contributed by atoms with van der Waals surface area (Å²) in [4.78, 5) is 11.8. The predicted octanol–water partition coefficient (Wildman–Crippen LogP) is 3.42. The molecule has 5 heteroatoms. The van der Waals surface area contributed by atoms with Gasteiger partial charge in [0.25, 0.3) is 0 Å². The van der Waals surface area contributed by atoms with E-state index in [1.165, 1.54) is 0 Å². The molecule has 0 radical (unpaired) electrons. The van der Waals surface area contributed by atoms with Crippen molar-refractivity contribution >= 4 is 18.3 Å². The third kappa shape index (κ3) is 5.27. The van der Waals surface area contributed by atoms with Crippen LogP contribution in [0.15, 0.2) is 48.5 Å². The fraction of sp³-hybridized carbons (Fsp3) is 0.278. The smallest absolute Gasteiger partial charge is 0.224 e. The number of aryl methyl sites for hydroxylation is 1. The Bertz CT molecular complexity index is 646. The van der Waals surface area contributed by atoms with Gasteiger partial charge in [0.2, 0.25) is 5.91 Å².